The van der Waals surface area contributed by atoms with E-state index in [-0.39, 0.29) is 11.6 Å². The Kier molecular flexibility index (Phi) is 4.91. The molecule has 1 atom stereocenters. The second-order valence-corrected chi connectivity index (χ2v) is 10.2. The Hall–Kier alpha value is -5.23. The maximum Gasteiger partial charge on any atom is 0.264 e. The van der Waals surface area contributed by atoms with Crippen LogP contribution in [0.2, 0.25) is 0 Å². The summed E-state index contributed by atoms with van der Waals surface area (Å²) in [4.78, 5) is 18.7. The lowest BCUT2D eigenvalue weighted by Crippen LogP contribution is -2.18. The second-order valence-electron chi connectivity index (χ2n) is 10.2. The Balaban J connectivity index is 1.34. The third kappa shape index (κ3) is 3.26. The summed E-state index contributed by atoms with van der Waals surface area (Å²) in [6.45, 7) is 0. The van der Waals surface area contributed by atoms with Crippen LogP contribution < -0.4 is 15.3 Å². The molecule has 0 bridgehead atoms. The van der Waals surface area contributed by atoms with Gasteiger partial charge in [-0.15, -0.1) is 0 Å². The van der Waals surface area contributed by atoms with Crippen molar-refractivity contribution in [3.63, 3.8) is 0 Å². The van der Waals surface area contributed by atoms with Crippen LogP contribution in [0.15, 0.2) is 119 Å². The van der Waals surface area contributed by atoms with Gasteiger partial charge >= 0.3 is 0 Å². The molecule has 0 fully saturated rings. The molecule has 0 aliphatic carbocycles. The van der Waals surface area contributed by atoms with Crippen LogP contribution in [0, 0.1) is 0 Å². The smallest absolute Gasteiger partial charge is 0.264 e. The molecule has 0 saturated heterocycles. The van der Waals surface area contributed by atoms with Crippen LogP contribution in [-0.4, -0.2) is 22.2 Å². The van der Waals surface area contributed by atoms with Crippen LogP contribution in [-0.2, 0) is 0 Å². The fourth-order valence-corrected chi connectivity index (χ4v) is 6.13. The van der Waals surface area contributed by atoms with Crippen LogP contribution in [0.25, 0.3) is 38.2 Å². The largest absolute Gasteiger partial charge is 0.497 e. The molecule has 7 aromatic rings. The van der Waals surface area contributed by atoms with Gasteiger partial charge in [0.05, 0.1) is 35.6 Å². The van der Waals surface area contributed by atoms with Crippen LogP contribution >= 0.6 is 0 Å². The number of fused-ring (bicyclic) bond motifs is 4. The van der Waals surface area contributed by atoms with E-state index in [9.17, 15) is 4.79 Å². The third-order valence-electron chi connectivity index (χ3n) is 8.02. The molecule has 1 unspecified atom stereocenters. The van der Waals surface area contributed by atoms with Gasteiger partial charge in [0, 0.05) is 28.1 Å². The van der Waals surface area contributed by atoms with Gasteiger partial charge < -0.3 is 4.74 Å². The van der Waals surface area contributed by atoms with Crippen molar-refractivity contribution < 1.29 is 4.74 Å². The Morgan fingerprint density at radius 2 is 1.55 bits per heavy atom. The first kappa shape index (κ1) is 22.7. The number of nitrogens with zero attached hydrogens (tertiary/aromatic N) is 4. The summed E-state index contributed by atoms with van der Waals surface area (Å²) in [6, 6.07) is 36.5. The molecule has 6 heteroatoms. The van der Waals surface area contributed by atoms with Gasteiger partial charge in [-0.05, 0) is 59.5 Å². The number of hydrogen-bond donors (Lipinski definition) is 0. The third-order valence-corrected chi connectivity index (χ3v) is 8.02. The monoisotopic (exact) mass is 520 g/mol. The van der Waals surface area contributed by atoms with Crippen molar-refractivity contribution >= 4 is 49.6 Å². The van der Waals surface area contributed by atoms with Crippen molar-refractivity contribution in [3.05, 3.63) is 131 Å². The summed E-state index contributed by atoms with van der Waals surface area (Å²) in [7, 11) is 1.68. The van der Waals surface area contributed by atoms with Crippen molar-refractivity contribution in [3.8, 4) is 5.75 Å². The summed E-state index contributed by atoms with van der Waals surface area (Å²) < 4.78 is 7.14. The van der Waals surface area contributed by atoms with Crippen molar-refractivity contribution in [2.24, 2.45) is 5.10 Å². The summed E-state index contributed by atoms with van der Waals surface area (Å²) in [5.41, 5.74) is 6.51. The highest BCUT2D eigenvalue weighted by molar-refractivity contribution is 6.22. The van der Waals surface area contributed by atoms with E-state index in [4.69, 9.17) is 14.8 Å². The van der Waals surface area contributed by atoms with Crippen LogP contribution in [0.3, 0.4) is 0 Å². The van der Waals surface area contributed by atoms with Crippen molar-refractivity contribution in [2.75, 3.05) is 12.1 Å². The van der Waals surface area contributed by atoms with E-state index in [0.717, 1.165) is 61.9 Å². The lowest BCUT2D eigenvalue weighted by Gasteiger charge is -2.24. The SMILES string of the molecule is COc1ccc(C2CC(c3ccc4c5c3cccc5c(=O)n3c5ccccc5nc43)=NN2c2ccccc2)cc1. The molecule has 2 aromatic heterocycles. The molecule has 5 aromatic carbocycles. The standard InChI is InChI=1S/C34H24N4O2/c1-40-23-16-14-21(15-17-23)31-20-29(36-38(31)22-8-3-2-4-9-22)24-18-19-26-32-25(24)10-7-11-27(32)34(39)37-30-13-6-5-12-28(30)35-33(26)37/h2-19,31H,20H2,1H3. The van der Waals surface area contributed by atoms with E-state index in [1.807, 2.05) is 66.7 Å². The van der Waals surface area contributed by atoms with E-state index in [1.165, 1.54) is 0 Å². The van der Waals surface area contributed by atoms with Gasteiger partial charge in [-0.25, -0.2) is 4.98 Å². The Morgan fingerprint density at radius 3 is 2.38 bits per heavy atom. The number of anilines is 1. The van der Waals surface area contributed by atoms with Crippen LogP contribution in [0.4, 0.5) is 5.69 Å². The number of pyridine rings is 1. The molecular formula is C34H24N4O2. The fraction of sp³-hybridized carbons (Fsp3) is 0.0882. The number of methoxy groups -OCH3 is 1. The van der Waals surface area contributed by atoms with Crippen molar-refractivity contribution in [2.45, 2.75) is 12.5 Å². The predicted molar refractivity (Wildman–Crippen MR) is 161 cm³/mol. The molecule has 1 aliphatic rings. The number of rotatable bonds is 4. The summed E-state index contributed by atoms with van der Waals surface area (Å²) in [6.07, 6.45) is 0.729. The van der Waals surface area contributed by atoms with E-state index < -0.39 is 0 Å². The van der Waals surface area contributed by atoms with E-state index in [2.05, 4.69) is 47.5 Å². The molecule has 3 heterocycles. The highest BCUT2D eigenvalue weighted by Gasteiger charge is 2.31. The highest BCUT2D eigenvalue weighted by Crippen LogP contribution is 2.39. The molecule has 0 amide bonds. The van der Waals surface area contributed by atoms with Gasteiger partial charge in [-0.2, -0.15) is 5.10 Å². The number of hydrogen-bond acceptors (Lipinski definition) is 5. The van der Waals surface area contributed by atoms with Gasteiger partial charge in [0.25, 0.3) is 5.56 Å². The number of para-hydroxylation sites is 3. The molecule has 0 saturated carbocycles. The van der Waals surface area contributed by atoms with Crippen LogP contribution in [0.1, 0.15) is 23.6 Å². The minimum Gasteiger partial charge on any atom is -0.497 e. The Labute approximate surface area is 229 Å². The molecule has 0 radical (unpaired) electrons. The first-order valence-corrected chi connectivity index (χ1v) is 13.4. The van der Waals surface area contributed by atoms with E-state index in [0.29, 0.717) is 11.0 Å². The summed E-state index contributed by atoms with van der Waals surface area (Å²) in [5.74, 6) is 0.827. The minimum absolute atomic E-state index is 0.0277. The molecule has 1 aliphatic heterocycles. The molecule has 40 heavy (non-hydrogen) atoms. The maximum atomic E-state index is 13.8. The van der Waals surface area contributed by atoms with E-state index in [1.54, 1.807) is 11.5 Å². The number of ether oxygens (including phenoxy) is 1. The second kappa shape index (κ2) is 8.64. The number of imidazole rings is 1. The van der Waals surface area contributed by atoms with Gasteiger partial charge in [0.1, 0.15) is 11.4 Å². The average Bonchev–Trinajstić information content (AvgIpc) is 3.63. The maximum absolute atomic E-state index is 13.8. The lowest BCUT2D eigenvalue weighted by atomic mass is 9.92. The summed E-state index contributed by atoms with van der Waals surface area (Å²) >= 11 is 0. The molecular weight excluding hydrogens is 496 g/mol. The highest BCUT2D eigenvalue weighted by atomic mass is 16.5. The topological polar surface area (TPSA) is 59.2 Å². The zero-order chi connectivity index (χ0) is 26.8. The number of hydrazone groups is 1. The van der Waals surface area contributed by atoms with Crippen molar-refractivity contribution in [1.82, 2.24) is 9.38 Å². The minimum atomic E-state index is -0.0469. The Bertz CT molecular complexity index is 2150. The average molecular weight is 521 g/mol. The van der Waals surface area contributed by atoms with E-state index >= 15 is 0 Å². The van der Waals surface area contributed by atoms with Gasteiger partial charge in [0.15, 0.2) is 0 Å². The first-order valence-electron chi connectivity index (χ1n) is 13.4. The quantitative estimate of drug-likeness (QED) is 0.252. The zero-order valence-electron chi connectivity index (χ0n) is 21.8. The molecule has 6 nitrogen and oxygen atoms in total. The van der Waals surface area contributed by atoms with Gasteiger partial charge in [0.2, 0.25) is 0 Å². The van der Waals surface area contributed by atoms with Gasteiger partial charge in [-0.3, -0.25) is 14.2 Å². The first-order chi connectivity index (χ1) is 19.7. The molecule has 0 spiro atoms. The zero-order valence-corrected chi connectivity index (χ0v) is 21.8. The lowest BCUT2D eigenvalue weighted by molar-refractivity contribution is 0.414. The Morgan fingerprint density at radius 1 is 0.775 bits per heavy atom. The normalized spacial score (nSPS) is 15.5. The van der Waals surface area contributed by atoms with Crippen molar-refractivity contribution in [1.29, 1.82) is 0 Å². The van der Waals surface area contributed by atoms with Gasteiger partial charge in [-0.1, -0.05) is 60.7 Å². The number of benzene rings is 5. The van der Waals surface area contributed by atoms with Crippen LogP contribution in [0.5, 0.6) is 5.75 Å². The predicted octanol–water partition coefficient (Wildman–Crippen LogP) is 6.96. The summed E-state index contributed by atoms with van der Waals surface area (Å²) in [5, 5.41) is 10.9. The molecule has 8 rings (SSSR count). The fourth-order valence-electron chi connectivity index (χ4n) is 6.13. The molecule has 192 valence electrons. The number of aromatic nitrogens is 2. The molecule has 0 N–H and O–H groups in total.